The molecule has 0 spiro atoms. The van der Waals surface area contributed by atoms with Gasteiger partial charge < -0.3 is 9.64 Å². The number of benzene rings is 2. The maximum atomic E-state index is 13.4. The van der Waals surface area contributed by atoms with Crippen LogP contribution in [0, 0.1) is 16.0 Å². The smallest absolute Gasteiger partial charge is 0.332 e. The number of hydrogen-bond acceptors (Lipinski definition) is 8. The lowest BCUT2D eigenvalue weighted by Crippen LogP contribution is -2.51. The molecule has 11 nitrogen and oxygen atoms in total. The highest BCUT2D eigenvalue weighted by Crippen LogP contribution is 2.21. The van der Waals surface area contributed by atoms with Gasteiger partial charge in [0.15, 0.2) is 5.78 Å². The van der Waals surface area contributed by atoms with E-state index in [1.165, 1.54) is 41.9 Å². The van der Waals surface area contributed by atoms with Gasteiger partial charge in [-0.25, -0.2) is 4.79 Å². The van der Waals surface area contributed by atoms with Crippen molar-refractivity contribution in [2.24, 2.45) is 20.0 Å². The van der Waals surface area contributed by atoms with Gasteiger partial charge in [0.05, 0.1) is 17.4 Å². The first-order valence-corrected chi connectivity index (χ1v) is 12.8. The zero-order valence-electron chi connectivity index (χ0n) is 21.1. The number of nitro benzene ring substituents is 1. The molecule has 1 fully saturated rings. The van der Waals surface area contributed by atoms with Gasteiger partial charge in [-0.3, -0.25) is 33.7 Å². The number of nitro groups is 1. The van der Waals surface area contributed by atoms with Gasteiger partial charge in [0.1, 0.15) is 11.6 Å². The Morgan fingerprint density at radius 3 is 2.24 bits per heavy atom. The van der Waals surface area contributed by atoms with E-state index in [0.29, 0.717) is 49.9 Å². The van der Waals surface area contributed by atoms with Crippen LogP contribution >= 0.6 is 15.9 Å². The summed E-state index contributed by atoms with van der Waals surface area (Å²) in [4.78, 5) is 52.5. The average Bonchev–Trinajstić information content (AvgIpc) is 2.92. The summed E-state index contributed by atoms with van der Waals surface area (Å²) in [6.07, 6.45) is 0. The molecule has 0 amide bonds. The van der Waals surface area contributed by atoms with E-state index < -0.39 is 10.8 Å². The van der Waals surface area contributed by atoms with Gasteiger partial charge in [0.25, 0.3) is 11.2 Å². The summed E-state index contributed by atoms with van der Waals surface area (Å²) in [7, 11) is 3.10. The van der Waals surface area contributed by atoms with Crippen molar-refractivity contribution in [3.8, 4) is 5.75 Å². The Balaban J connectivity index is 1.46. The third kappa shape index (κ3) is 6.20. The highest BCUT2D eigenvalue weighted by atomic mass is 79.9. The lowest BCUT2D eigenvalue weighted by Gasteiger charge is -2.37. The number of nitrogens with zero attached hydrogens (tertiary/aromatic N) is 5. The Hall–Kier alpha value is -3.77. The fourth-order valence-corrected chi connectivity index (χ4v) is 4.68. The monoisotopic (exact) mass is 585 g/mol. The number of halogens is 1. The summed E-state index contributed by atoms with van der Waals surface area (Å²) in [5, 5.41) is 10.9. The Labute approximate surface area is 227 Å². The number of piperazine rings is 1. The van der Waals surface area contributed by atoms with Gasteiger partial charge in [-0.1, -0.05) is 28.1 Å². The van der Waals surface area contributed by atoms with Gasteiger partial charge in [0, 0.05) is 75.1 Å². The molecule has 0 saturated carbocycles. The number of rotatable bonds is 9. The topological polar surface area (TPSA) is 120 Å². The van der Waals surface area contributed by atoms with Crippen molar-refractivity contribution < 1.29 is 14.5 Å². The Bertz CT molecular complexity index is 1430. The summed E-state index contributed by atoms with van der Waals surface area (Å²) < 4.78 is 9.30. The second kappa shape index (κ2) is 11.7. The minimum absolute atomic E-state index is 0.0357. The fourth-order valence-electron chi connectivity index (χ4n) is 4.42. The van der Waals surface area contributed by atoms with Crippen LogP contribution in [0.15, 0.2) is 68.7 Å². The van der Waals surface area contributed by atoms with Gasteiger partial charge in [-0.2, -0.15) is 0 Å². The van der Waals surface area contributed by atoms with Crippen molar-refractivity contribution in [1.29, 1.82) is 0 Å². The van der Waals surface area contributed by atoms with E-state index in [2.05, 4.69) is 20.8 Å². The lowest BCUT2D eigenvalue weighted by molar-refractivity contribution is -0.384. The van der Waals surface area contributed by atoms with Crippen molar-refractivity contribution in [3.63, 3.8) is 0 Å². The molecule has 0 radical (unpaired) electrons. The molecule has 2 aromatic carbocycles. The molecule has 4 rings (SSSR count). The summed E-state index contributed by atoms with van der Waals surface area (Å²) in [6, 6.07) is 14.4. The van der Waals surface area contributed by atoms with Crippen LogP contribution in [0.25, 0.3) is 0 Å². The minimum atomic E-state index is -0.480. The number of carbonyl (C=O) groups is 1. The molecular formula is C26H28BrN5O6. The van der Waals surface area contributed by atoms with E-state index >= 15 is 0 Å². The molecule has 0 aliphatic carbocycles. The Morgan fingerprint density at radius 1 is 1.00 bits per heavy atom. The van der Waals surface area contributed by atoms with Crippen LogP contribution in [0.5, 0.6) is 5.75 Å². The van der Waals surface area contributed by atoms with Crippen molar-refractivity contribution in [2.75, 3.05) is 44.2 Å². The van der Waals surface area contributed by atoms with Crippen LogP contribution in [0.3, 0.4) is 0 Å². The van der Waals surface area contributed by atoms with E-state index in [4.69, 9.17) is 4.74 Å². The van der Waals surface area contributed by atoms with Gasteiger partial charge >= 0.3 is 5.69 Å². The van der Waals surface area contributed by atoms with Gasteiger partial charge in [-0.15, -0.1) is 0 Å². The first-order valence-electron chi connectivity index (χ1n) is 12.1. The average molecular weight is 586 g/mol. The van der Waals surface area contributed by atoms with Crippen LogP contribution in [-0.2, 0) is 14.1 Å². The standard InChI is InChI=1S/C26H28BrN5O6/c1-28-23(15-24(33)29(2)26(28)35)31-13-11-30(12-14-31)16-19(25(34)18-3-5-20(27)6-4-18)17-38-22-9-7-21(8-10-22)32(36)37/h3-10,15,19H,11-14,16-17H2,1-2H3. The van der Waals surface area contributed by atoms with Crippen molar-refractivity contribution in [1.82, 2.24) is 14.0 Å². The number of aromatic nitrogens is 2. The van der Waals surface area contributed by atoms with E-state index in [1.807, 2.05) is 17.0 Å². The minimum Gasteiger partial charge on any atom is -0.493 e. The van der Waals surface area contributed by atoms with Crippen LogP contribution in [0.1, 0.15) is 10.4 Å². The van der Waals surface area contributed by atoms with Gasteiger partial charge in [-0.05, 0) is 24.3 Å². The molecule has 0 bridgehead atoms. The van der Waals surface area contributed by atoms with Crippen molar-refractivity contribution in [3.05, 3.63) is 95.6 Å². The van der Waals surface area contributed by atoms with E-state index in [9.17, 15) is 24.5 Å². The molecule has 200 valence electrons. The molecule has 2 heterocycles. The van der Waals surface area contributed by atoms with E-state index in [-0.39, 0.29) is 29.3 Å². The maximum absolute atomic E-state index is 13.4. The zero-order valence-corrected chi connectivity index (χ0v) is 22.7. The molecule has 1 saturated heterocycles. The molecule has 0 N–H and O–H groups in total. The van der Waals surface area contributed by atoms with E-state index in [0.717, 1.165) is 9.04 Å². The van der Waals surface area contributed by atoms with Crippen molar-refractivity contribution in [2.45, 2.75) is 0 Å². The molecule has 1 aromatic heterocycles. The number of carbonyl (C=O) groups excluding carboxylic acids is 1. The molecular weight excluding hydrogens is 558 g/mol. The number of hydrogen-bond donors (Lipinski definition) is 0. The molecule has 12 heteroatoms. The lowest BCUT2D eigenvalue weighted by atomic mass is 9.97. The number of ether oxygens (including phenoxy) is 1. The summed E-state index contributed by atoms with van der Waals surface area (Å²) >= 11 is 3.39. The van der Waals surface area contributed by atoms with Crippen LogP contribution < -0.4 is 20.9 Å². The second-order valence-electron chi connectivity index (χ2n) is 9.16. The first-order chi connectivity index (χ1) is 18.1. The van der Waals surface area contributed by atoms with Crippen molar-refractivity contribution >= 4 is 33.2 Å². The zero-order chi connectivity index (χ0) is 27.4. The third-order valence-corrected chi connectivity index (χ3v) is 7.20. The number of non-ortho nitro benzene ring substituents is 1. The molecule has 3 aromatic rings. The van der Waals surface area contributed by atoms with Crippen LogP contribution in [-0.4, -0.2) is 64.1 Å². The molecule has 38 heavy (non-hydrogen) atoms. The molecule has 1 aliphatic rings. The summed E-state index contributed by atoms with van der Waals surface area (Å²) in [5.41, 5.74) is -0.196. The summed E-state index contributed by atoms with van der Waals surface area (Å²) in [5.74, 6) is 0.476. The fraction of sp³-hybridized carbons (Fsp3) is 0.346. The second-order valence-corrected chi connectivity index (χ2v) is 10.1. The molecule has 1 aliphatic heterocycles. The Morgan fingerprint density at radius 2 is 1.63 bits per heavy atom. The Kier molecular flexibility index (Phi) is 8.42. The maximum Gasteiger partial charge on any atom is 0.332 e. The van der Waals surface area contributed by atoms with Gasteiger partial charge in [0.2, 0.25) is 0 Å². The largest absolute Gasteiger partial charge is 0.493 e. The molecule has 1 unspecified atom stereocenters. The number of anilines is 1. The predicted molar refractivity (Wildman–Crippen MR) is 146 cm³/mol. The predicted octanol–water partition coefficient (Wildman–Crippen LogP) is 2.45. The number of ketones is 1. The highest BCUT2D eigenvalue weighted by molar-refractivity contribution is 9.10. The normalized spacial score (nSPS) is 14.8. The number of Topliss-reactive ketones (excluding diaryl/α,β-unsaturated/α-hetero) is 1. The quantitative estimate of drug-likeness (QED) is 0.213. The van der Waals surface area contributed by atoms with E-state index in [1.54, 1.807) is 19.2 Å². The summed E-state index contributed by atoms with van der Waals surface area (Å²) in [6.45, 7) is 2.99. The molecule has 1 atom stereocenters. The van der Waals surface area contributed by atoms with Crippen LogP contribution in [0.4, 0.5) is 11.5 Å². The SMILES string of the molecule is Cn1c(N2CCN(CC(COc3ccc([N+](=O)[O-])cc3)C(=O)c3ccc(Br)cc3)CC2)cc(=O)n(C)c1=O. The third-order valence-electron chi connectivity index (χ3n) is 6.67. The first kappa shape index (κ1) is 27.3. The van der Waals surface area contributed by atoms with Crippen LogP contribution in [0.2, 0.25) is 0 Å². The highest BCUT2D eigenvalue weighted by Gasteiger charge is 2.27.